The van der Waals surface area contributed by atoms with Crippen LogP contribution < -0.4 is 0 Å². The van der Waals surface area contributed by atoms with E-state index in [1.54, 1.807) is 0 Å². The smallest absolute Gasteiger partial charge is 0.241 e. The first-order chi connectivity index (χ1) is 4.66. The van der Waals surface area contributed by atoms with E-state index in [2.05, 4.69) is 0 Å². The van der Waals surface area contributed by atoms with E-state index in [0.717, 1.165) is 16.5 Å². The lowest BCUT2D eigenvalue weighted by atomic mass is 10.4. The number of rotatable bonds is 1. The minimum atomic E-state index is -0.350. The topological polar surface area (TPSA) is 37.4 Å². The van der Waals surface area contributed by atoms with Crippen LogP contribution in [0.3, 0.4) is 0 Å². The molecule has 0 bridgehead atoms. The fraction of sp³-hybridized carbons (Fsp3) is 0.600. The first-order valence-corrected chi connectivity index (χ1v) is 3.77. The highest BCUT2D eigenvalue weighted by molar-refractivity contribution is 8.20. The van der Waals surface area contributed by atoms with Crippen LogP contribution in [0.1, 0.15) is 6.42 Å². The summed E-state index contributed by atoms with van der Waals surface area (Å²) >= 11 is 0.936. The molecule has 3 nitrogen and oxygen atoms in total. The summed E-state index contributed by atoms with van der Waals surface area (Å²) in [6, 6.07) is 0. The number of nitrogens with zero attached hydrogens (tertiary/aromatic N) is 1. The molecule has 10 heavy (non-hydrogen) atoms. The number of carbonyl (C=O) groups is 2. The van der Waals surface area contributed by atoms with Crippen LogP contribution in [-0.2, 0) is 9.59 Å². The number of amides is 2. The number of hydrogen-bond acceptors (Lipinski definition) is 3. The van der Waals surface area contributed by atoms with Gasteiger partial charge in [-0.2, -0.15) is 0 Å². The zero-order chi connectivity index (χ0) is 7.72. The van der Waals surface area contributed by atoms with Crippen molar-refractivity contribution in [2.45, 2.75) is 11.7 Å². The summed E-state index contributed by atoms with van der Waals surface area (Å²) in [5, 5.41) is -0.350. The monoisotopic (exact) mass is 155 g/mol. The molecule has 2 amide bonds. The lowest BCUT2D eigenvalue weighted by molar-refractivity contribution is -0.136. The zero-order valence-corrected chi connectivity index (χ0v) is 6.35. The minimum Gasteiger partial charge on any atom is -0.285 e. The van der Waals surface area contributed by atoms with Crippen LogP contribution in [0.5, 0.6) is 0 Å². The van der Waals surface area contributed by atoms with Gasteiger partial charge in [-0.15, -0.1) is 0 Å². The molecule has 5 heteroatoms. The Labute approximate surface area is 64.4 Å². The van der Waals surface area contributed by atoms with E-state index in [1.807, 2.05) is 0 Å². The standard InChI is InChI=1S/C5H6BNO2S/c1-7-4(8)2-3(10-6)5(7)9/h3H,2H2,1H3. The van der Waals surface area contributed by atoms with Crippen LogP contribution in [0, 0.1) is 0 Å². The predicted molar refractivity (Wildman–Crippen MR) is 39.5 cm³/mol. The van der Waals surface area contributed by atoms with Gasteiger partial charge in [0.2, 0.25) is 11.8 Å². The van der Waals surface area contributed by atoms with Crippen LogP contribution in [0.2, 0.25) is 0 Å². The molecule has 0 N–H and O–H groups in total. The Balaban J connectivity index is 2.71. The van der Waals surface area contributed by atoms with E-state index in [1.165, 1.54) is 7.05 Å². The summed E-state index contributed by atoms with van der Waals surface area (Å²) in [6.07, 6.45) is 0.247. The van der Waals surface area contributed by atoms with Crippen molar-refractivity contribution in [1.29, 1.82) is 0 Å². The molecule has 1 unspecified atom stereocenters. The van der Waals surface area contributed by atoms with Gasteiger partial charge in [0, 0.05) is 13.5 Å². The molecular formula is C5H6BNO2S. The molecule has 1 fully saturated rings. The fourth-order valence-electron chi connectivity index (χ4n) is 0.828. The lowest BCUT2D eigenvalue weighted by Gasteiger charge is -2.05. The third kappa shape index (κ3) is 1.05. The van der Waals surface area contributed by atoms with Gasteiger partial charge in [0.15, 0.2) is 7.12 Å². The zero-order valence-electron chi connectivity index (χ0n) is 5.53. The largest absolute Gasteiger partial charge is 0.285 e. The summed E-state index contributed by atoms with van der Waals surface area (Å²) in [5.41, 5.74) is 0. The highest BCUT2D eigenvalue weighted by Gasteiger charge is 2.34. The van der Waals surface area contributed by atoms with Gasteiger partial charge in [0.1, 0.15) is 0 Å². The third-order valence-corrected chi connectivity index (χ3v) is 2.20. The molecule has 0 aromatic carbocycles. The van der Waals surface area contributed by atoms with Gasteiger partial charge in [-0.25, -0.2) is 11.6 Å². The van der Waals surface area contributed by atoms with Gasteiger partial charge in [-0.1, -0.05) is 0 Å². The van der Waals surface area contributed by atoms with Crippen molar-refractivity contribution in [3.05, 3.63) is 0 Å². The maximum Gasteiger partial charge on any atom is 0.241 e. The second-order valence-corrected chi connectivity index (χ2v) is 2.96. The Morgan fingerprint density at radius 1 is 1.70 bits per heavy atom. The summed E-state index contributed by atoms with van der Waals surface area (Å²) in [6.45, 7) is 0. The molecule has 1 atom stereocenters. The van der Waals surface area contributed by atoms with Gasteiger partial charge >= 0.3 is 0 Å². The number of carbonyl (C=O) groups excluding carboxylic acids is 2. The van der Waals surface area contributed by atoms with Gasteiger partial charge < -0.3 is 0 Å². The molecule has 52 valence electrons. The minimum absolute atomic E-state index is 0.145. The van der Waals surface area contributed by atoms with E-state index < -0.39 is 0 Å². The molecule has 1 aliphatic heterocycles. The second kappa shape index (κ2) is 2.66. The molecule has 0 aromatic heterocycles. The SMILES string of the molecule is [B]SC1CC(=O)N(C)C1=O. The maximum absolute atomic E-state index is 11.0. The van der Waals surface area contributed by atoms with Crippen molar-refractivity contribution in [3.8, 4) is 0 Å². The van der Waals surface area contributed by atoms with Crippen molar-refractivity contribution in [3.63, 3.8) is 0 Å². The summed E-state index contributed by atoms with van der Waals surface area (Å²) in [5.74, 6) is -0.328. The highest BCUT2D eigenvalue weighted by atomic mass is 32.2. The summed E-state index contributed by atoms with van der Waals surface area (Å²) in [7, 11) is 6.64. The highest BCUT2D eigenvalue weighted by Crippen LogP contribution is 2.20. The Morgan fingerprint density at radius 3 is 2.50 bits per heavy atom. The van der Waals surface area contributed by atoms with Crippen LogP contribution in [0.25, 0.3) is 0 Å². The van der Waals surface area contributed by atoms with Gasteiger partial charge in [0.25, 0.3) is 0 Å². The first kappa shape index (κ1) is 7.66. The van der Waals surface area contributed by atoms with E-state index in [0.29, 0.717) is 0 Å². The Hall–Kier alpha value is -0.445. The normalized spacial score (nSPS) is 26.1. The Kier molecular flexibility index (Phi) is 2.04. The molecule has 1 heterocycles. The molecule has 0 aromatic rings. The quantitative estimate of drug-likeness (QED) is 0.380. The summed E-state index contributed by atoms with van der Waals surface area (Å²) in [4.78, 5) is 22.9. The van der Waals surface area contributed by atoms with Gasteiger partial charge in [-0.3, -0.25) is 14.5 Å². The molecule has 1 aliphatic rings. The van der Waals surface area contributed by atoms with Crippen LogP contribution >= 0.6 is 11.6 Å². The van der Waals surface area contributed by atoms with E-state index in [9.17, 15) is 9.59 Å². The molecule has 0 aliphatic carbocycles. The molecule has 2 radical (unpaired) electrons. The van der Waals surface area contributed by atoms with Crippen molar-refractivity contribution < 1.29 is 9.59 Å². The van der Waals surface area contributed by atoms with Crippen molar-refractivity contribution in [1.82, 2.24) is 4.90 Å². The maximum atomic E-state index is 11.0. The van der Waals surface area contributed by atoms with Crippen LogP contribution in [-0.4, -0.2) is 36.1 Å². The van der Waals surface area contributed by atoms with Gasteiger partial charge in [0.05, 0.1) is 5.25 Å². The molecule has 1 rings (SSSR count). The molecule has 1 saturated heterocycles. The average Bonchev–Trinajstić information content (AvgIpc) is 2.17. The molecule has 0 spiro atoms. The number of likely N-dealkylation sites (tertiary alicyclic amines) is 1. The lowest BCUT2D eigenvalue weighted by Crippen LogP contribution is -2.26. The van der Waals surface area contributed by atoms with E-state index in [4.69, 9.17) is 7.12 Å². The molecular weight excluding hydrogens is 149 g/mol. The average molecular weight is 155 g/mol. The van der Waals surface area contributed by atoms with Crippen molar-refractivity contribution >= 4 is 30.6 Å². The Morgan fingerprint density at radius 2 is 2.30 bits per heavy atom. The second-order valence-electron chi connectivity index (χ2n) is 2.12. The van der Waals surface area contributed by atoms with Crippen LogP contribution in [0.15, 0.2) is 0 Å². The summed E-state index contributed by atoms with van der Waals surface area (Å²) < 4.78 is 0. The van der Waals surface area contributed by atoms with Crippen LogP contribution in [0.4, 0.5) is 0 Å². The van der Waals surface area contributed by atoms with E-state index >= 15 is 0 Å². The van der Waals surface area contributed by atoms with Crippen molar-refractivity contribution in [2.24, 2.45) is 0 Å². The third-order valence-electron chi connectivity index (χ3n) is 1.50. The Bertz CT molecular complexity index is 184. The van der Waals surface area contributed by atoms with E-state index in [-0.39, 0.29) is 23.5 Å². The number of imide groups is 1. The molecule has 0 saturated carbocycles. The van der Waals surface area contributed by atoms with Crippen molar-refractivity contribution in [2.75, 3.05) is 7.05 Å². The first-order valence-electron chi connectivity index (χ1n) is 2.82. The van der Waals surface area contributed by atoms with Gasteiger partial charge in [-0.05, 0) is 0 Å². The predicted octanol–water partition coefficient (Wildman–Crippen LogP) is -0.440. The number of hydrogen-bond donors (Lipinski definition) is 0. The fourth-order valence-corrected chi connectivity index (χ4v) is 1.34.